The number of nitrogens with one attached hydrogen (secondary N) is 1. The van der Waals surface area contributed by atoms with Gasteiger partial charge >= 0.3 is 11.8 Å². The van der Waals surface area contributed by atoms with Crippen LogP contribution in [-0.4, -0.2) is 70.1 Å². The predicted octanol–water partition coefficient (Wildman–Crippen LogP) is 2.74. The number of β-amino-alcohol motifs (C(OH)–C–C–N with tert-alkyl or cyclic N) is 1. The molecule has 0 aliphatic carbocycles. The molecule has 4 rings (SSSR count). The molecule has 0 bridgehead atoms. The smallest absolute Gasteiger partial charge is 0.419 e. The monoisotopic (exact) mass is 550 g/mol. The number of hydrogen-bond acceptors (Lipinski definition) is 8. The number of carbonyl (C=O) groups is 2. The minimum atomic E-state index is -1.02. The number of oxazole rings is 1. The lowest BCUT2D eigenvalue weighted by Gasteiger charge is -2.33. The van der Waals surface area contributed by atoms with Gasteiger partial charge in [0.15, 0.2) is 11.7 Å². The molecule has 212 valence electrons. The highest BCUT2D eigenvalue weighted by Gasteiger charge is 2.32. The molecule has 0 radical (unpaired) electrons. The molecule has 2 N–H and O–H groups in total. The summed E-state index contributed by atoms with van der Waals surface area (Å²) in [5.74, 6) is -0.945. The Morgan fingerprint density at radius 2 is 1.88 bits per heavy atom. The van der Waals surface area contributed by atoms with Crippen LogP contribution in [-0.2, 0) is 27.7 Å². The average molecular weight is 551 g/mol. The Balaban J connectivity index is 1.41. The van der Waals surface area contributed by atoms with E-state index in [9.17, 15) is 24.8 Å². The highest BCUT2D eigenvalue weighted by Crippen LogP contribution is 2.24. The molecule has 11 nitrogen and oxygen atoms in total. The average Bonchev–Trinajstić information content (AvgIpc) is 3.17. The van der Waals surface area contributed by atoms with Crippen molar-refractivity contribution >= 4 is 23.1 Å². The zero-order valence-corrected chi connectivity index (χ0v) is 23.0. The van der Waals surface area contributed by atoms with E-state index in [0.29, 0.717) is 11.1 Å². The fourth-order valence-corrected chi connectivity index (χ4v) is 4.42. The summed E-state index contributed by atoms with van der Waals surface area (Å²) < 4.78 is 17.7. The molecular formula is C29H34N4O7. The fourth-order valence-electron chi connectivity index (χ4n) is 4.42. The first-order valence-corrected chi connectivity index (χ1v) is 13.1. The first-order chi connectivity index (χ1) is 18.9. The van der Waals surface area contributed by atoms with E-state index in [-0.39, 0.29) is 32.5 Å². The number of rotatable bonds is 5. The molecule has 1 saturated heterocycles. The largest absolute Gasteiger partial charge is 0.444 e. The van der Waals surface area contributed by atoms with Gasteiger partial charge in [0, 0.05) is 13.5 Å². The lowest BCUT2D eigenvalue weighted by molar-refractivity contribution is -0.136. The van der Waals surface area contributed by atoms with Gasteiger partial charge in [-0.2, -0.15) is 5.26 Å². The second-order valence-electron chi connectivity index (χ2n) is 10.9. The Morgan fingerprint density at radius 3 is 2.55 bits per heavy atom. The van der Waals surface area contributed by atoms with Gasteiger partial charge in [-0.05, 0) is 56.0 Å². The number of aliphatic hydroxyl groups excluding tert-OH is 1. The lowest BCUT2D eigenvalue weighted by Crippen LogP contribution is -2.52. The molecule has 3 aromatic rings. The van der Waals surface area contributed by atoms with Gasteiger partial charge in [0.2, 0.25) is 0 Å². The van der Waals surface area contributed by atoms with Gasteiger partial charge in [-0.3, -0.25) is 9.36 Å². The molecule has 1 aliphatic heterocycles. The first kappa shape index (κ1) is 28.9. The van der Waals surface area contributed by atoms with Crippen LogP contribution in [0.25, 0.3) is 22.2 Å². The third-order valence-corrected chi connectivity index (χ3v) is 6.52. The summed E-state index contributed by atoms with van der Waals surface area (Å²) in [7, 11) is 1.65. The Hall–Kier alpha value is -4.14. The van der Waals surface area contributed by atoms with Crippen molar-refractivity contribution in [2.45, 2.75) is 57.5 Å². The SMILES string of the molecule is Cn1c(=O)oc2ccc(-c3ccc(C[C@@H](C#N)NC(=O)[C@@H]4CN(C(=O)OC(C)(C)C)C[C@@H](O)CCO4)cc3)cc21. The maximum Gasteiger partial charge on any atom is 0.419 e. The van der Waals surface area contributed by atoms with Gasteiger partial charge in [0.1, 0.15) is 11.6 Å². The van der Waals surface area contributed by atoms with Crippen LogP contribution in [0.5, 0.6) is 0 Å². The normalized spacial score (nSPS) is 18.9. The minimum absolute atomic E-state index is 0.0138. The van der Waals surface area contributed by atoms with Crippen molar-refractivity contribution in [3.05, 3.63) is 58.6 Å². The third-order valence-electron chi connectivity index (χ3n) is 6.52. The summed E-state index contributed by atoms with van der Waals surface area (Å²) in [6, 6.07) is 14.4. The summed E-state index contributed by atoms with van der Waals surface area (Å²) in [6.45, 7) is 5.24. The van der Waals surface area contributed by atoms with E-state index in [1.165, 1.54) is 9.47 Å². The molecule has 40 heavy (non-hydrogen) atoms. The molecule has 11 heteroatoms. The highest BCUT2D eigenvalue weighted by molar-refractivity contribution is 5.83. The number of amides is 2. The van der Waals surface area contributed by atoms with Crippen LogP contribution in [0.15, 0.2) is 51.7 Å². The Labute approximate surface area is 231 Å². The minimum Gasteiger partial charge on any atom is -0.444 e. The van der Waals surface area contributed by atoms with E-state index in [1.807, 2.05) is 36.4 Å². The number of aromatic nitrogens is 1. The van der Waals surface area contributed by atoms with Crippen LogP contribution in [0.1, 0.15) is 32.8 Å². The molecule has 0 unspecified atom stereocenters. The lowest BCUT2D eigenvalue weighted by atomic mass is 10.0. The van der Waals surface area contributed by atoms with Crippen LogP contribution in [0.3, 0.4) is 0 Å². The molecule has 3 atom stereocenters. The summed E-state index contributed by atoms with van der Waals surface area (Å²) in [5, 5.41) is 22.6. The van der Waals surface area contributed by atoms with Crippen molar-refractivity contribution in [1.29, 1.82) is 5.26 Å². The van der Waals surface area contributed by atoms with E-state index in [0.717, 1.165) is 16.7 Å². The van der Waals surface area contributed by atoms with Crippen LogP contribution in [0.2, 0.25) is 0 Å². The van der Waals surface area contributed by atoms with Crippen LogP contribution in [0, 0.1) is 11.3 Å². The quantitative estimate of drug-likeness (QED) is 0.493. The molecule has 2 amide bonds. The summed E-state index contributed by atoms with van der Waals surface area (Å²) in [4.78, 5) is 38.8. The molecule has 1 aliphatic rings. The second kappa shape index (κ2) is 11.9. The number of benzene rings is 2. The molecule has 0 spiro atoms. The molecule has 2 aromatic carbocycles. The Morgan fingerprint density at radius 1 is 1.18 bits per heavy atom. The number of carbonyl (C=O) groups excluding carboxylic acids is 2. The highest BCUT2D eigenvalue weighted by atomic mass is 16.6. The standard InChI is InChI=1S/C29H34N4O7/c1-29(2,3)40-28(37)33-16-22(34)11-12-38-25(17-33)26(35)31-21(15-30)13-18-5-7-19(8-6-18)20-9-10-24-23(14-20)32(4)27(36)39-24/h5-10,14,21-22,25,34H,11-13,16-17H2,1-4H3,(H,31,35)/t21-,22-,25-/m0/s1. The zero-order chi connectivity index (χ0) is 29.0. The Bertz CT molecular complexity index is 1460. The summed E-state index contributed by atoms with van der Waals surface area (Å²) in [5.41, 5.74) is 3.12. The third kappa shape index (κ3) is 7.08. The number of fused-ring (bicyclic) bond motifs is 1. The number of aryl methyl sites for hydroxylation is 1. The number of hydrogen-bond donors (Lipinski definition) is 2. The van der Waals surface area contributed by atoms with Gasteiger partial charge in [0.25, 0.3) is 5.91 Å². The van der Waals surface area contributed by atoms with Crippen molar-refractivity contribution in [3.63, 3.8) is 0 Å². The van der Waals surface area contributed by atoms with Crippen LogP contribution < -0.4 is 11.1 Å². The summed E-state index contributed by atoms with van der Waals surface area (Å²) >= 11 is 0. The van der Waals surface area contributed by atoms with Gasteiger partial charge in [-0.15, -0.1) is 0 Å². The second-order valence-corrected chi connectivity index (χ2v) is 10.9. The van der Waals surface area contributed by atoms with Crippen molar-refractivity contribution in [3.8, 4) is 17.2 Å². The number of ether oxygens (including phenoxy) is 2. The maximum atomic E-state index is 13.1. The molecule has 1 aromatic heterocycles. The van der Waals surface area contributed by atoms with E-state index < -0.39 is 41.6 Å². The van der Waals surface area contributed by atoms with Gasteiger partial charge < -0.3 is 29.2 Å². The van der Waals surface area contributed by atoms with Crippen molar-refractivity contribution in [2.75, 3.05) is 19.7 Å². The molecular weight excluding hydrogens is 516 g/mol. The van der Waals surface area contributed by atoms with Crippen LogP contribution >= 0.6 is 0 Å². The predicted molar refractivity (Wildman–Crippen MR) is 146 cm³/mol. The number of aliphatic hydroxyl groups is 1. The first-order valence-electron chi connectivity index (χ1n) is 13.1. The van der Waals surface area contributed by atoms with E-state index in [4.69, 9.17) is 13.9 Å². The van der Waals surface area contributed by atoms with E-state index in [2.05, 4.69) is 11.4 Å². The molecule has 2 heterocycles. The van der Waals surface area contributed by atoms with E-state index >= 15 is 0 Å². The van der Waals surface area contributed by atoms with Crippen molar-refractivity contribution < 1.29 is 28.6 Å². The van der Waals surface area contributed by atoms with Gasteiger partial charge in [0.05, 0.1) is 37.4 Å². The topological polar surface area (TPSA) is 147 Å². The fraction of sp³-hybridized carbons (Fsp3) is 0.448. The number of nitriles is 1. The van der Waals surface area contributed by atoms with Crippen LogP contribution in [0.4, 0.5) is 4.79 Å². The molecule has 1 fully saturated rings. The Kier molecular flexibility index (Phi) is 8.61. The van der Waals surface area contributed by atoms with Gasteiger partial charge in [-0.1, -0.05) is 30.3 Å². The van der Waals surface area contributed by atoms with Gasteiger partial charge in [-0.25, -0.2) is 9.59 Å². The molecule has 0 saturated carbocycles. The maximum absolute atomic E-state index is 13.1. The van der Waals surface area contributed by atoms with Crippen molar-refractivity contribution in [1.82, 2.24) is 14.8 Å². The van der Waals surface area contributed by atoms with Crippen molar-refractivity contribution in [2.24, 2.45) is 7.05 Å². The zero-order valence-electron chi connectivity index (χ0n) is 23.0. The summed E-state index contributed by atoms with van der Waals surface area (Å²) in [6.07, 6.45) is -1.97. The van der Waals surface area contributed by atoms with E-state index in [1.54, 1.807) is 33.9 Å². The number of nitrogens with zero attached hydrogens (tertiary/aromatic N) is 3.